The number of halogens is 4. The van der Waals surface area contributed by atoms with Gasteiger partial charge in [0, 0.05) is 32.8 Å². The molecule has 0 saturated heterocycles. The fraction of sp³-hybridized carbons (Fsp3) is 0. The van der Waals surface area contributed by atoms with E-state index in [1.807, 2.05) is 97.1 Å². The lowest BCUT2D eigenvalue weighted by atomic mass is 9.96. The molecule has 0 saturated carbocycles. The third-order valence-corrected chi connectivity index (χ3v) is 8.41. The highest BCUT2D eigenvalue weighted by Gasteiger charge is 2.26. The molecule has 4 nitrogen and oxygen atoms in total. The van der Waals surface area contributed by atoms with Crippen molar-refractivity contribution in [3.63, 3.8) is 0 Å². The maximum Gasteiger partial charge on any atom is 0.180 e. The van der Waals surface area contributed by atoms with Gasteiger partial charge in [-0.3, -0.25) is 0 Å². The van der Waals surface area contributed by atoms with Crippen LogP contribution in [-0.2, 0) is 0 Å². The first-order valence-electron chi connectivity index (χ1n) is 15.0. The Labute approximate surface area is 271 Å². The summed E-state index contributed by atoms with van der Waals surface area (Å²) >= 11 is 0. The highest BCUT2D eigenvalue weighted by atomic mass is 19.2. The summed E-state index contributed by atoms with van der Waals surface area (Å²) in [4.78, 5) is 15.4. The summed E-state index contributed by atoms with van der Waals surface area (Å²) in [6.07, 6.45) is 0. The van der Waals surface area contributed by atoms with Crippen LogP contribution in [0.1, 0.15) is 5.56 Å². The minimum atomic E-state index is -1.74. The number of nitriles is 1. The number of para-hydroxylation sites is 1. The zero-order valence-electron chi connectivity index (χ0n) is 24.8. The van der Waals surface area contributed by atoms with E-state index in [2.05, 4.69) is 0 Å². The van der Waals surface area contributed by atoms with Crippen molar-refractivity contribution in [2.45, 2.75) is 0 Å². The van der Waals surface area contributed by atoms with E-state index in [-0.39, 0.29) is 5.56 Å². The second-order valence-electron chi connectivity index (χ2n) is 11.2. The molecule has 0 spiro atoms. The molecule has 48 heavy (non-hydrogen) atoms. The Bertz CT molecular complexity index is 2570. The molecule has 2 aromatic heterocycles. The first-order chi connectivity index (χ1) is 23.4. The Balaban J connectivity index is 1.37. The molecule has 0 aliphatic rings. The molecule has 0 unspecified atom stereocenters. The van der Waals surface area contributed by atoms with Crippen LogP contribution in [0, 0.1) is 34.6 Å². The van der Waals surface area contributed by atoms with E-state index in [4.69, 9.17) is 20.2 Å². The number of benzene rings is 6. The second-order valence-corrected chi connectivity index (χ2v) is 11.2. The highest BCUT2D eigenvalue weighted by molar-refractivity contribution is 6.21. The lowest BCUT2D eigenvalue weighted by molar-refractivity contribution is 0.454. The van der Waals surface area contributed by atoms with Gasteiger partial charge in [-0.05, 0) is 23.8 Å². The summed E-state index contributed by atoms with van der Waals surface area (Å²) in [5.74, 6) is -6.75. The van der Waals surface area contributed by atoms with Gasteiger partial charge < -0.3 is 0 Å². The Hall–Kier alpha value is -6.46. The van der Waals surface area contributed by atoms with E-state index in [0.29, 0.717) is 27.8 Å². The SMILES string of the molecule is N#Cc1c(F)c(F)c(-c2ccc(-c3nc4ccccc4c4c3ccc3nc(-c5ccccc5)c(-c5ccccc5)nc34)cc2)c(F)c1F. The van der Waals surface area contributed by atoms with E-state index in [1.54, 1.807) is 12.1 Å². The van der Waals surface area contributed by atoms with Crippen LogP contribution in [-0.4, -0.2) is 15.0 Å². The van der Waals surface area contributed by atoms with Crippen LogP contribution < -0.4 is 0 Å². The second kappa shape index (κ2) is 11.4. The van der Waals surface area contributed by atoms with Crippen molar-refractivity contribution in [1.82, 2.24) is 15.0 Å². The van der Waals surface area contributed by atoms with Crippen LogP contribution in [0.15, 0.2) is 121 Å². The summed E-state index contributed by atoms with van der Waals surface area (Å²) in [7, 11) is 0. The topological polar surface area (TPSA) is 62.5 Å². The summed E-state index contributed by atoms with van der Waals surface area (Å²) < 4.78 is 58.6. The van der Waals surface area contributed by atoms with Crippen molar-refractivity contribution in [3.05, 3.63) is 150 Å². The number of pyridine rings is 1. The molecule has 0 fully saturated rings. The van der Waals surface area contributed by atoms with E-state index < -0.39 is 34.4 Å². The molecule has 2 heterocycles. The van der Waals surface area contributed by atoms with Gasteiger partial charge in [0.15, 0.2) is 23.3 Å². The average molecular weight is 633 g/mol. The lowest BCUT2D eigenvalue weighted by Crippen LogP contribution is -2.03. The summed E-state index contributed by atoms with van der Waals surface area (Å²) in [5.41, 5.74) is 4.25. The normalized spacial score (nSPS) is 11.3. The molecular formula is C40H20F4N4. The smallest absolute Gasteiger partial charge is 0.180 e. The van der Waals surface area contributed by atoms with Crippen LogP contribution >= 0.6 is 0 Å². The highest BCUT2D eigenvalue weighted by Crippen LogP contribution is 2.40. The predicted octanol–water partition coefficient (Wildman–Crippen LogP) is 10.4. The molecule has 8 rings (SSSR count). The number of hydrogen-bond acceptors (Lipinski definition) is 4. The van der Waals surface area contributed by atoms with Gasteiger partial charge in [-0.15, -0.1) is 0 Å². The Kier molecular flexibility index (Phi) is 6.89. The van der Waals surface area contributed by atoms with E-state index in [0.717, 1.165) is 38.7 Å². The Morgan fingerprint density at radius 2 is 0.958 bits per heavy atom. The predicted molar refractivity (Wildman–Crippen MR) is 179 cm³/mol. The van der Waals surface area contributed by atoms with E-state index in [1.165, 1.54) is 18.2 Å². The van der Waals surface area contributed by atoms with Gasteiger partial charge in [0.25, 0.3) is 0 Å². The van der Waals surface area contributed by atoms with Gasteiger partial charge in [-0.25, -0.2) is 32.5 Å². The lowest BCUT2D eigenvalue weighted by Gasteiger charge is -2.15. The minimum absolute atomic E-state index is 0.0987. The standard InChI is InChI=1S/C40H20F4N4/c41-33-28(21-45)34(42)36(44)31(35(33)43)22-15-17-25(18-16-22)37-27-19-20-30-40(32(27)26-13-7-8-14-29(26)46-37)48-39(24-11-5-2-6-12-24)38(47-30)23-9-3-1-4-10-23/h1-20H. The maximum absolute atomic E-state index is 14.9. The molecule has 8 aromatic rings. The zero-order valence-corrected chi connectivity index (χ0v) is 24.8. The number of nitrogens with zero attached hydrogens (tertiary/aromatic N) is 4. The first kappa shape index (κ1) is 29.0. The molecule has 0 radical (unpaired) electrons. The average Bonchev–Trinajstić information content (AvgIpc) is 3.14. The van der Waals surface area contributed by atoms with Gasteiger partial charge >= 0.3 is 0 Å². The minimum Gasteiger partial charge on any atom is -0.247 e. The van der Waals surface area contributed by atoms with Gasteiger partial charge in [0.2, 0.25) is 0 Å². The maximum atomic E-state index is 14.9. The van der Waals surface area contributed by atoms with Crippen LogP contribution in [0.3, 0.4) is 0 Å². The fourth-order valence-electron chi connectivity index (χ4n) is 6.15. The summed E-state index contributed by atoms with van der Waals surface area (Å²) in [5, 5.41) is 11.4. The van der Waals surface area contributed by atoms with E-state index in [9.17, 15) is 17.6 Å². The van der Waals surface area contributed by atoms with Crippen molar-refractivity contribution >= 4 is 32.7 Å². The monoisotopic (exact) mass is 632 g/mol. The number of hydrogen-bond donors (Lipinski definition) is 0. The van der Waals surface area contributed by atoms with Crippen molar-refractivity contribution in [3.8, 4) is 51.0 Å². The number of fused-ring (bicyclic) bond motifs is 5. The molecule has 6 aromatic carbocycles. The third-order valence-electron chi connectivity index (χ3n) is 8.41. The van der Waals surface area contributed by atoms with Gasteiger partial charge in [-0.1, -0.05) is 103 Å². The van der Waals surface area contributed by atoms with Crippen LogP contribution in [0.4, 0.5) is 17.6 Å². The molecule has 0 atom stereocenters. The van der Waals surface area contributed by atoms with E-state index >= 15 is 0 Å². The van der Waals surface area contributed by atoms with Crippen LogP contribution in [0.25, 0.3) is 77.6 Å². The molecule has 0 aliphatic carbocycles. The van der Waals surface area contributed by atoms with Gasteiger partial charge in [0.1, 0.15) is 11.6 Å². The van der Waals surface area contributed by atoms with Crippen molar-refractivity contribution < 1.29 is 17.6 Å². The van der Waals surface area contributed by atoms with Crippen molar-refractivity contribution in [2.24, 2.45) is 0 Å². The van der Waals surface area contributed by atoms with Crippen LogP contribution in [0.2, 0.25) is 0 Å². The third kappa shape index (κ3) is 4.56. The molecule has 0 bridgehead atoms. The molecule has 0 aliphatic heterocycles. The first-order valence-corrected chi connectivity index (χ1v) is 15.0. The summed E-state index contributed by atoms with van der Waals surface area (Å²) in [6, 6.07) is 38.3. The van der Waals surface area contributed by atoms with Gasteiger partial charge in [-0.2, -0.15) is 5.26 Å². The largest absolute Gasteiger partial charge is 0.247 e. The van der Waals surface area contributed by atoms with Crippen molar-refractivity contribution in [1.29, 1.82) is 5.26 Å². The number of aromatic nitrogens is 3. The zero-order chi connectivity index (χ0) is 32.9. The molecule has 228 valence electrons. The van der Waals surface area contributed by atoms with Gasteiger partial charge in [0.05, 0.1) is 39.2 Å². The molecule has 8 heteroatoms. The Morgan fingerprint density at radius 3 is 1.58 bits per heavy atom. The fourth-order valence-corrected chi connectivity index (χ4v) is 6.15. The molecular weight excluding hydrogens is 612 g/mol. The quantitative estimate of drug-likeness (QED) is 0.110. The molecule has 0 N–H and O–H groups in total. The van der Waals surface area contributed by atoms with Crippen molar-refractivity contribution in [2.75, 3.05) is 0 Å². The Morgan fingerprint density at radius 1 is 0.438 bits per heavy atom. The molecule has 0 amide bonds. The van der Waals surface area contributed by atoms with Crippen LogP contribution in [0.5, 0.6) is 0 Å². The summed E-state index contributed by atoms with van der Waals surface area (Å²) in [6.45, 7) is 0. The number of rotatable bonds is 4.